The van der Waals surface area contributed by atoms with Crippen LogP contribution in [0.15, 0.2) is 18.2 Å². The lowest BCUT2D eigenvalue weighted by Crippen LogP contribution is -2.43. The van der Waals surface area contributed by atoms with E-state index in [2.05, 4.69) is 10.1 Å². The maximum Gasteiger partial charge on any atom is 0.345 e. The van der Waals surface area contributed by atoms with Crippen molar-refractivity contribution in [2.75, 3.05) is 6.61 Å². The molecule has 1 N–H and O–H groups in total. The molecule has 0 aliphatic carbocycles. The lowest BCUT2D eigenvalue weighted by molar-refractivity contribution is -0.145. The Balaban J connectivity index is 2.61. The number of carbonyl (C=O) groups is 2. The van der Waals surface area contributed by atoms with E-state index in [1.54, 1.807) is 0 Å². The summed E-state index contributed by atoms with van der Waals surface area (Å²) in [6.45, 7) is -2.58. The zero-order valence-corrected chi connectivity index (χ0v) is 11.7. The van der Waals surface area contributed by atoms with Crippen molar-refractivity contribution in [1.82, 2.24) is 5.32 Å². The molecule has 0 aliphatic heterocycles. The number of carbonyl (C=O) groups excluding carboxylic acids is 2. The zero-order valence-electron chi connectivity index (χ0n) is 11.7. The largest absolute Gasteiger partial charge is 0.345 e. The van der Waals surface area contributed by atoms with Crippen molar-refractivity contribution in [1.29, 1.82) is 0 Å². The Labute approximate surface area is 124 Å². The number of ketones is 1. The number of alkyl halides is 2. The number of halogens is 4. The van der Waals surface area contributed by atoms with Crippen molar-refractivity contribution < 1.29 is 31.9 Å². The molecule has 1 unspecified atom stereocenters. The van der Waals surface area contributed by atoms with Crippen LogP contribution in [0.1, 0.15) is 18.9 Å². The first-order chi connectivity index (χ1) is 10.3. The topological polar surface area (TPSA) is 55.4 Å². The molecule has 1 aromatic carbocycles. The molecule has 4 nitrogen and oxygen atoms in total. The van der Waals surface area contributed by atoms with E-state index in [4.69, 9.17) is 0 Å². The third kappa shape index (κ3) is 6.21. The molecular weight excluding hydrogens is 306 g/mol. The minimum Gasteiger partial charge on any atom is -0.344 e. The van der Waals surface area contributed by atoms with Gasteiger partial charge in [0, 0.05) is 13.3 Å². The molecule has 0 saturated carbocycles. The summed E-state index contributed by atoms with van der Waals surface area (Å²) in [5, 5.41) is 2.21. The number of ether oxygens (including phenoxy) is 1. The average Bonchev–Trinajstić information content (AvgIpc) is 2.43. The molecule has 122 valence electrons. The molecule has 0 heterocycles. The van der Waals surface area contributed by atoms with Crippen LogP contribution in [0.2, 0.25) is 0 Å². The Bertz CT molecular complexity index is 537. The first-order valence-electron chi connectivity index (χ1n) is 6.43. The van der Waals surface area contributed by atoms with Gasteiger partial charge in [0.1, 0.15) is 6.04 Å². The number of Topliss-reactive ketones (excluding diaryl/α,β-unsaturated/α-hetero) is 1. The molecule has 0 aromatic heterocycles. The molecule has 0 saturated heterocycles. The molecular formula is C14H15F4NO3. The molecule has 0 spiro atoms. The molecule has 8 heteroatoms. The lowest BCUT2D eigenvalue weighted by atomic mass is 10.0. The molecule has 0 radical (unpaired) electrons. The number of nitrogens with one attached hydrogen (secondary N) is 1. The fourth-order valence-electron chi connectivity index (χ4n) is 1.77. The second-order valence-electron chi connectivity index (χ2n) is 4.56. The molecule has 0 aliphatic rings. The highest BCUT2D eigenvalue weighted by atomic mass is 19.3. The van der Waals surface area contributed by atoms with E-state index >= 15 is 0 Å². The minimum absolute atomic E-state index is 0.0841. The van der Waals surface area contributed by atoms with Gasteiger partial charge in [-0.2, -0.15) is 8.78 Å². The molecule has 0 fully saturated rings. The predicted molar refractivity (Wildman–Crippen MR) is 69.2 cm³/mol. The highest BCUT2D eigenvalue weighted by molar-refractivity contribution is 5.88. The van der Waals surface area contributed by atoms with Crippen molar-refractivity contribution in [3.63, 3.8) is 0 Å². The molecule has 1 amide bonds. The van der Waals surface area contributed by atoms with Crippen molar-refractivity contribution in [2.45, 2.75) is 32.4 Å². The summed E-state index contributed by atoms with van der Waals surface area (Å²) in [7, 11) is 0. The van der Waals surface area contributed by atoms with Crippen molar-refractivity contribution >= 4 is 11.7 Å². The summed E-state index contributed by atoms with van der Waals surface area (Å²) in [6, 6.07) is 1.98. The van der Waals surface area contributed by atoms with E-state index in [0.29, 0.717) is 5.56 Å². The molecule has 1 atom stereocenters. The Hall–Kier alpha value is -1.96. The van der Waals surface area contributed by atoms with Crippen LogP contribution < -0.4 is 5.32 Å². The third-order valence-electron chi connectivity index (χ3n) is 2.80. The van der Waals surface area contributed by atoms with E-state index in [1.807, 2.05) is 0 Å². The van der Waals surface area contributed by atoms with Gasteiger partial charge in [0.05, 0.1) is 6.61 Å². The smallest absolute Gasteiger partial charge is 0.344 e. The van der Waals surface area contributed by atoms with Crippen molar-refractivity contribution in [3.05, 3.63) is 35.4 Å². The number of hydrogen-bond acceptors (Lipinski definition) is 3. The molecule has 22 heavy (non-hydrogen) atoms. The predicted octanol–water partition coefficient (Wildman–Crippen LogP) is 2.21. The van der Waals surface area contributed by atoms with Crippen molar-refractivity contribution in [3.8, 4) is 0 Å². The fraction of sp³-hybridized carbons (Fsp3) is 0.429. The molecule has 1 aromatic rings. The van der Waals surface area contributed by atoms with Gasteiger partial charge in [-0.15, -0.1) is 0 Å². The van der Waals surface area contributed by atoms with Gasteiger partial charge in [-0.1, -0.05) is 6.07 Å². The van der Waals surface area contributed by atoms with Gasteiger partial charge in [-0.05, 0) is 24.1 Å². The molecule has 1 rings (SSSR count). The van der Waals surface area contributed by atoms with Crippen LogP contribution in [0, 0.1) is 11.6 Å². The number of aryl methyl sites for hydroxylation is 1. The molecule has 0 bridgehead atoms. The summed E-state index contributed by atoms with van der Waals surface area (Å²) < 4.78 is 53.8. The van der Waals surface area contributed by atoms with Gasteiger partial charge in [-0.25, -0.2) is 8.78 Å². The summed E-state index contributed by atoms with van der Waals surface area (Å²) >= 11 is 0. The number of rotatable bonds is 8. The standard InChI is InChI=1S/C14H15F4NO3/c1-8(20)19-12(7-22-14(17)18)13(21)5-3-9-2-4-10(15)11(16)6-9/h2,4,6,12,14H,3,5,7H2,1H3,(H,19,20). The van der Waals surface area contributed by atoms with Gasteiger partial charge in [0.2, 0.25) is 5.91 Å². The quantitative estimate of drug-likeness (QED) is 0.747. The normalized spacial score (nSPS) is 12.3. The Morgan fingerprint density at radius 2 is 1.91 bits per heavy atom. The monoisotopic (exact) mass is 321 g/mol. The van der Waals surface area contributed by atoms with Gasteiger partial charge in [0.25, 0.3) is 0 Å². The van der Waals surface area contributed by atoms with Crippen LogP contribution in [0.5, 0.6) is 0 Å². The van der Waals surface area contributed by atoms with Crippen molar-refractivity contribution in [2.24, 2.45) is 0 Å². The van der Waals surface area contributed by atoms with Gasteiger partial charge in [0.15, 0.2) is 17.4 Å². The van der Waals surface area contributed by atoms with E-state index in [1.165, 1.54) is 6.07 Å². The maximum atomic E-state index is 13.0. The Kier molecular flexibility index (Phi) is 6.97. The fourth-order valence-corrected chi connectivity index (χ4v) is 1.77. The second-order valence-corrected chi connectivity index (χ2v) is 4.56. The van der Waals surface area contributed by atoms with Crippen LogP contribution in [-0.4, -0.2) is 31.0 Å². The van der Waals surface area contributed by atoms with Crippen LogP contribution in [-0.2, 0) is 20.7 Å². The summed E-state index contributed by atoms with van der Waals surface area (Å²) in [5.74, 6) is -3.15. The van der Waals surface area contributed by atoms with Crippen LogP contribution in [0.25, 0.3) is 0 Å². The Morgan fingerprint density at radius 1 is 1.23 bits per heavy atom. The number of hydrogen-bond donors (Lipinski definition) is 1. The summed E-state index contributed by atoms with van der Waals surface area (Å²) in [6.07, 6.45) is -0.0522. The summed E-state index contributed by atoms with van der Waals surface area (Å²) in [5.41, 5.74) is 0.378. The number of benzene rings is 1. The first kappa shape index (κ1) is 18.1. The van der Waals surface area contributed by atoms with E-state index in [9.17, 15) is 27.2 Å². The lowest BCUT2D eigenvalue weighted by Gasteiger charge is -2.16. The summed E-state index contributed by atoms with van der Waals surface area (Å²) in [4.78, 5) is 22.9. The highest BCUT2D eigenvalue weighted by Crippen LogP contribution is 2.11. The van der Waals surface area contributed by atoms with E-state index in [-0.39, 0.29) is 12.8 Å². The minimum atomic E-state index is -3.06. The average molecular weight is 321 g/mol. The zero-order chi connectivity index (χ0) is 16.7. The van der Waals surface area contributed by atoms with E-state index in [0.717, 1.165) is 19.1 Å². The maximum absolute atomic E-state index is 13.0. The van der Waals surface area contributed by atoms with Crippen LogP contribution in [0.3, 0.4) is 0 Å². The SMILES string of the molecule is CC(=O)NC(COC(F)F)C(=O)CCc1ccc(F)c(F)c1. The van der Waals surface area contributed by atoms with Gasteiger partial charge < -0.3 is 10.1 Å². The van der Waals surface area contributed by atoms with Crippen LogP contribution >= 0.6 is 0 Å². The van der Waals surface area contributed by atoms with E-state index < -0.39 is 42.6 Å². The van der Waals surface area contributed by atoms with Gasteiger partial charge in [-0.3, -0.25) is 9.59 Å². The highest BCUT2D eigenvalue weighted by Gasteiger charge is 2.21. The third-order valence-corrected chi connectivity index (χ3v) is 2.80. The Morgan fingerprint density at radius 3 is 2.45 bits per heavy atom. The second kappa shape index (κ2) is 8.47. The number of amides is 1. The first-order valence-corrected chi connectivity index (χ1v) is 6.43. The van der Waals surface area contributed by atoms with Crippen LogP contribution in [0.4, 0.5) is 17.6 Å². The van der Waals surface area contributed by atoms with Gasteiger partial charge >= 0.3 is 6.61 Å².